The Kier molecular flexibility index (Phi) is 12.7. The maximum absolute atomic E-state index is 9.58. The van der Waals surface area contributed by atoms with E-state index in [4.69, 9.17) is 9.40 Å². The van der Waals surface area contributed by atoms with Gasteiger partial charge in [-0.05, 0) is 93.7 Å². The predicted octanol–water partition coefficient (Wildman–Crippen LogP) is 14.1. The van der Waals surface area contributed by atoms with Crippen LogP contribution < -0.4 is 0 Å². The monoisotopic (exact) mass is 956 g/mol. The van der Waals surface area contributed by atoms with Gasteiger partial charge in [-0.3, -0.25) is 4.98 Å². The van der Waals surface area contributed by atoms with E-state index in [0.29, 0.717) is 11.1 Å². The second kappa shape index (κ2) is 18.2. The van der Waals surface area contributed by atoms with Gasteiger partial charge < -0.3 is 9.40 Å². The molecule has 5 heteroatoms. The van der Waals surface area contributed by atoms with Crippen LogP contribution in [-0.4, -0.2) is 9.97 Å². The maximum Gasteiger partial charge on any atom is 0.118 e. The minimum Gasteiger partial charge on any atom is -0.515 e. The smallest absolute Gasteiger partial charge is 0.118 e. The van der Waals surface area contributed by atoms with Crippen LogP contribution in [0.5, 0.6) is 0 Å². The third kappa shape index (κ3) is 8.23. The van der Waals surface area contributed by atoms with Crippen molar-refractivity contribution in [1.29, 1.82) is 5.26 Å². The van der Waals surface area contributed by atoms with Crippen molar-refractivity contribution in [2.24, 2.45) is 0 Å². The molecule has 3 heterocycles. The molecule has 0 N–H and O–H groups in total. The van der Waals surface area contributed by atoms with Crippen molar-refractivity contribution in [3.8, 4) is 39.6 Å². The van der Waals surface area contributed by atoms with Crippen molar-refractivity contribution in [3.63, 3.8) is 0 Å². The predicted molar refractivity (Wildman–Crippen MR) is 241 cm³/mol. The summed E-state index contributed by atoms with van der Waals surface area (Å²) >= 11 is 0. The fourth-order valence-electron chi connectivity index (χ4n) is 8.13. The molecule has 9 aromatic rings. The molecule has 0 aliphatic heterocycles. The number of hydrogen-bond acceptors (Lipinski definition) is 4. The molecule has 60 heavy (non-hydrogen) atoms. The largest absolute Gasteiger partial charge is 0.515 e. The van der Waals surface area contributed by atoms with E-state index in [0.717, 1.165) is 38.9 Å². The van der Waals surface area contributed by atoms with Crippen LogP contribution in [0, 0.1) is 23.5 Å². The van der Waals surface area contributed by atoms with Crippen LogP contribution in [-0.2, 0) is 25.5 Å². The minimum atomic E-state index is -0.693. The second-order valence-electron chi connectivity index (χ2n) is 15.6. The number of fused-ring (bicyclic) bond motifs is 3. The van der Waals surface area contributed by atoms with Crippen LogP contribution in [0.1, 0.15) is 80.0 Å². The number of furan rings is 1. The molecule has 297 valence electrons. The molecule has 3 aromatic heterocycles. The number of hydrogen-bond donors (Lipinski definition) is 0. The van der Waals surface area contributed by atoms with Crippen LogP contribution in [0.4, 0.5) is 0 Å². The van der Waals surface area contributed by atoms with Crippen LogP contribution in [0.2, 0.25) is 0 Å². The first-order chi connectivity index (χ1) is 28.8. The summed E-state index contributed by atoms with van der Waals surface area (Å²) in [5.74, 6) is 0.476. The third-order valence-corrected chi connectivity index (χ3v) is 11.2. The Morgan fingerprint density at radius 1 is 0.600 bits per heavy atom. The molecular weight excluding hydrogens is 911 g/mol. The van der Waals surface area contributed by atoms with Crippen LogP contribution >= 0.6 is 0 Å². The topological polar surface area (TPSA) is 62.7 Å². The molecule has 0 spiro atoms. The van der Waals surface area contributed by atoms with Crippen molar-refractivity contribution in [2.75, 3.05) is 0 Å². The van der Waals surface area contributed by atoms with Gasteiger partial charge in [-0.1, -0.05) is 124 Å². The molecule has 0 bridgehead atoms. The molecule has 0 fully saturated rings. The number of rotatable bonds is 8. The molecule has 0 aliphatic carbocycles. The quantitative estimate of drug-likeness (QED) is 0.142. The van der Waals surface area contributed by atoms with Crippen LogP contribution in [0.25, 0.3) is 55.4 Å². The van der Waals surface area contributed by atoms with Crippen molar-refractivity contribution in [3.05, 3.63) is 216 Å². The summed E-state index contributed by atoms with van der Waals surface area (Å²) in [5.41, 5.74) is 13.9. The Balaban J connectivity index is 0.000000359. The average Bonchev–Trinajstić information content (AvgIpc) is 3.68. The molecule has 0 saturated heterocycles. The van der Waals surface area contributed by atoms with Crippen molar-refractivity contribution < 1.29 is 24.5 Å². The zero-order valence-corrected chi connectivity index (χ0v) is 36.8. The first-order valence-corrected chi connectivity index (χ1v) is 20.2. The number of pyridine rings is 2. The third-order valence-electron chi connectivity index (χ3n) is 11.2. The Bertz CT molecular complexity index is 2820. The number of benzene rings is 6. The second-order valence-corrected chi connectivity index (χ2v) is 15.6. The molecule has 0 amide bonds. The van der Waals surface area contributed by atoms with Gasteiger partial charge in [-0.2, -0.15) is 23.5 Å². The van der Waals surface area contributed by atoms with Crippen LogP contribution in [0.15, 0.2) is 175 Å². The number of nitriles is 1. The van der Waals surface area contributed by atoms with E-state index in [1.54, 1.807) is 6.20 Å². The van der Waals surface area contributed by atoms with E-state index in [1.807, 2.05) is 79.0 Å². The van der Waals surface area contributed by atoms with Gasteiger partial charge in [-0.15, -0.1) is 41.5 Å². The zero-order chi connectivity index (χ0) is 40.9. The van der Waals surface area contributed by atoms with Gasteiger partial charge in [0.15, 0.2) is 0 Å². The normalized spacial score (nSPS) is 12.0. The Morgan fingerprint density at radius 3 is 1.83 bits per heavy atom. The molecular formula is C55H45IrN3O-2. The summed E-state index contributed by atoms with van der Waals surface area (Å²) in [6, 6.07) is 62.8. The number of nitrogens with zero attached hydrogens (tertiary/aromatic N) is 3. The van der Waals surface area contributed by atoms with Crippen molar-refractivity contribution in [1.82, 2.24) is 9.97 Å². The van der Waals surface area contributed by atoms with Gasteiger partial charge in [0, 0.05) is 48.9 Å². The fraction of sp³-hybridized carbons (Fsp3) is 0.145. The molecule has 0 aliphatic rings. The minimum absolute atomic E-state index is 0. The Hall–Kier alpha value is -6.44. The van der Waals surface area contributed by atoms with Gasteiger partial charge in [0.2, 0.25) is 0 Å². The van der Waals surface area contributed by atoms with Gasteiger partial charge in [-0.25, -0.2) is 0 Å². The summed E-state index contributed by atoms with van der Waals surface area (Å²) in [5, 5.41) is 11.6. The summed E-state index contributed by atoms with van der Waals surface area (Å²) in [6.07, 6.45) is 3.66. The van der Waals surface area contributed by atoms with Gasteiger partial charge >= 0.3 is 0 Å². The first-order valence-electron chi connectivity index (χ1n) is 20.2. The first kappa shape index (κ1) is 41.7. The molecule has 9 rings (SSSR count). The molecule has 4 nitrogen and oxygen atoms in total. The summed E-state index contributed by atoms with van der Waals surface area (Å²) in [4.78, 5) is 9.22. The standard InChI is InChI=1S/C44H37N2O.C11H8N.Ir/c1-28(2)37-25-34(33-20-18-32(19-21-33)31-12-7-6-8-13-31)26-38(29(3)4)42(37)44(5,41-16-9-10-23-46-41)39-15-11-14-36-35-22-17-30(27-45)24-40(35)47-43(36)39;1-2-6-10(7-3-1)11-8-4-5-9-12-11;/h6-14,16-26,28-29H,1-5H3;1-6,8-9H;/q2*-1;. The van der Waals surface area contributed by atoms with E-state index < -0.39 is 5.41 Å². The van der Waals surface area contributed by atoms with Crippen molar-refractivity contribution in [2.45, 2.75) is 51.9 Å². The van der Waals surface area contributed by atoms with E-state index in [9.17, 15) is 5.26 Å². The van der Waals surface area contributed by atoms with Gasteiger partial charge in [0.05, 0.1) is 17.3 Å². The van der Waals surface area contributed by atoms with Gasteiger partial charge in [0.25, 0.3) is 0 Å². The van der Waals surface area contributed by atoms with Gasteiger partial charge in [0.1, 0.15) is 5.58 Å². The van der Waals surface area contributed by atoms with E-state index in [2.05, 4.69) is 143 Å². The van der Waals surface area contributed by atoms with Crippen LogP contribution in [0.3, 0.4) is 0 Å². The van der Waals surface area contributed by atoms with E-state index in [1.165, 1.54) is 38.9 Å². The SMILES string of the molecule is CC(C)c1cc(-c2ccc(-c3ccccc3)cc2)cc(C(C)C)c1C(C)(c1ccccn1)c1[c-]ccc2c1oc1cc(C#N)ccc12.[Ir].[c-]1ccccc1-c1ccccn1. The zero-order valence-electron chi connectivity index (χ0n) is 34.4. The summed E-state index contributed by atoms with van der Waals surface area (Å²) in [7, 11) is 0. The molecule has 1 unspecified atom stereocenters. The maximum atomic E-state index is 9.58. The van der Waals surface area contributed by atoms with E-state index in [-0.39, 0.29) is 31.9 Å². The molecule has 0 saturated carbocycles. The molecule has 6 aromatic carbocycles. The average molecular weight is 956 g/mol. The Labute approximate surface area is 367 Å². The Morgan fingerprint density at radius 2 is 1.23 bits per heavy atom. The molecule has 1 radical (unpaired) electrons. The van der Waals surface area contributed by atoms with Crippen molar-refractivity contribution >= 4 is 21.9 Å². The summed E-state index contributed by atoms with van der Waals surface area (Å²) in [6.45, 7) is 11.4. The summed E-state index contributed by atoms with van der Waals surface area (Å²) < 4.78 is 6.65. The fourth-order valence-corrected chi connectivity index (χ4v) is 8.13. The number of aromatic nitrogens is 2. The van der Waals surface area contributed by atoms with E-state index >= 15 is 0 Å². The molecule has 1 atom stereocenters.